The van der Waals surface area contributed by atoms with Gasteiger partial charge in [0.15, 0.2) is 0 Å². The summed E-state index contributed by atoms with van der Waals surface area (Å²) >= 11 is 5.43. The van der Waals surface area contributed by atoms with Crippen LogP contribution in [0.4, 0.5) is 10.1 Å². The van der Waals surface area contributed by atoms with E-state index in [0.29, 0.717) is 6.29 Å². The number of carbonyl (C=O) groups excluding carboxylic acids is 2. The third kappa shape index (κ3) is 8.81. The van der Waals surface area contributed by atoms with E-state index in [1.165, 1.54) is 17.7 Å². The monoisotopic (exact) mass is 480 g/mol. The molecule has 1 aliphatic carbocycles. The minimum atomic E-state index is -0.535. The van der Waals surface area contributed by atoms with Gasteiger partial charge in [-0.2, -0.15) is 13.8 Å². The molecule has 1 aliphatic rings. The number of amides is 1. The normalized spacial score (nSPS) is 13.4. The van der Waals surface area contributed by atoms with E-state index in [0.717, 1.165) is 24.1 Å². The standard InChI is InChI=1S/C11H11NO2.C7H7ClFN.C3H7.Y/c13-7-11(14)12-10-6-5-8-3-1-2-4-9(8)10;1-10-5-2-3-6(8)7(9)4-5;1-3-2;/h1-4,7,10H,5-6H2,(H,12,14);2-4,10H,1H3;3H,1-2H3;/q;;-1;. The van der Waals surface area contributed by atoms with Gasteiger partial charge in [0.1, 0.15) is 5.82 Å². The van der Waals surface area contributed by atoms with Gasteiger partial charge in [0.2, 0.25) is 6.29 Å². The van der Waals surface area contributed by atoms with Gasteiger partial charge in [0.05, 0.1) is 11.1 Å². The van der Waals surface area contributed by atoms with Crippen LogP contribution >= 0.6 is 11.6 Å². The number of hydrogen-bond donors (Lipinski definition) is 2. The van der Waals surface area contributed by atoms with Crippen molar-refractivity contribution in [2.24, 2.45) is 0 Å². The number of benzene rings is 2. The number of fused-ring (bicyclic) bond motifs is 1. The summed E-state index contributed by atoms with van der Waals surface area (Å²) in [6, 6.07) is 12.6. The first-order chi connectivity index (χ1) is 13.0. The van der Waals surface area contributed by atoms with Gasteiger partial charge in [0.25, 0.3) is 5.91 Å². The number of carbonyl (C=O) groups is 2. The summed E-state index contributed by atoms with van der Waals surface area (Å²) in [5.74, 6) is -0.930. The van der Waals surface area contributed by atoms with Crippen molar-refractivity contribution >= 4 is 29.5 Å². The van der Waals surface area contributed by atoms with Crippen LogP contribution in [0.25, 0.3) is 0 Å². The van der Waals surface area contributed by atoms with E-state index >= 15 is 0 Å². The molecule has 0 saturated heterocycles. The number of nitrogens with one attached hydrogen (secondary N) is 2. The van der Waals surface area contributed by atoms with E-state index in [-0.39, 0.29) is 43.8 Å². The van der Waals surface area contributed by atoms with Gasteiger partial charge in [-0.25, -0.2) is 4.39 Å². The Kier molecular flexibility index (Phi) is 14.0. The van der Waals surface area contributed by atoms with E-state index in [2.05, 4.69) is 16.7 Å². The fraction of sp³-hybridized carbons (Fsp3) is 0.286. The Hall–Kier alpha value is -1.30. The predicted molar refractivity (Wildman–Crippen MR) is 108 cm³/mol. The molecule has 28 heavy (non-hydrogen) atoms. The average Bonchev–Trinajstić information content (AvgIpc) is 3.08. The Morgan fingerprint density at radius 2 is 1.89 bits per heavy atom. The molecule has 2 aromatic rings. The second kappa shape index (κ2) is 14.7. The first-order valence-corrected chi connectivity index (χ1v) is 9.04. The van der Waals surface area contributed by atoms with Crippen molar-refractivity contribution in [2.75, 3.05) is 12.4 Å². The van der Waals surface area contributed by atoms with Gasteiger partial charge in [-0.15, -0.1) is 0 Å². The zero-order chi connectivity index (χ0) is 20.2. The molecule has 1 radical (unpaired) electrons. The summed E-state index contributed by atoms with van der Waals surface area (Å²) in [5, 5.41) is 5.63. The van der Waals surface area contributed by atoms with Gasteiger partial charge in [-0.3, -0.25) is 9.59 Å². The molecule has 0 heterocycles. The number of halogens is 2. The quantitative estimate of drug-likeness (QED) is 0.379. The molecule has 0 bridgehead atoms. The van der Waals surface area contributed by atoms with E-state index in [4.69, 9.17) is 11.6 Å². The van der Waals surface area contributed by atoms with E-state index in [9.17, 15) is 14.0 Å². The number of anilines is 1. The first-order valence-electron chi connectivity index (χ1n) is 8.67. The van der Waals surface area contributed by atoms with Gasteiger partial charge in [-0.05, 0) is 42.2 Å². The molecule has 0 saturated carbocycles. The van der Waals surface area contributed by atoms with Crippen molar-refractivity contribution in [3.05, 3.63) is 70.9 Å². The molecule has 0 spiro atoms. The molecule has 3 rings (SSSR count). The van der Waals surface area contributed by atoms with Crippen LogP contribution in [0, 0.1) is 12.2 Å². The summed E-state index contributed by atoms with van der Waals surface area (Å²) < 4.78 is 12.6. The van der Waals surface area contributed by atoms with Crippen molar-refractivity contribution in [3.8, 4) is 0 Å². The topological polar surface area (TPSA) is 58.2 Å². The zero-order valence-electron chi connectivity index (χ0n) is 16.3. The summed E-state index contributed by atoms with van der Waals surface area (Å²) in [6.07, 6.45) is 4.18. The largest absolute Gasteiger partial charge is 0.388 e. The van der Waals surface area contributed by atoms with Crippen LogP contribution in [-0.2, 0) is 48.7 Å². The van der Waals surface area contributed by atoms with Crippen LogP contribution in [-0.4, -0.2) is 19.2 Å². The summed E-state index contributed by atoms with van der Waals surface area (Å²) in [4.78, 5) is 21.1. The van der Waals surface area contributed by atoms with E-state index in [1.54, 1.807) is 13.1 Å². The van der Waals surface area contributed by atoms with Crippen LogP contribution in [0.3, 0.4) is 0 Å². The summed E-state index contributed by atoms with van der Waals surface area (Å²) in [5.41, 5.74) is 3.13. The van der Waals surface area contributed by atoms with Crippen molar-refractivity contribution < 1.29 is 46.7 Å². The summed E-state index contributed by atoms with van der Waals surface area (Å²) in [6.45, 7) is 4.00. The molecular weight excluding hydrogens is 456 g/mol. The molecule has 0 fully saturated rings. The number of aldehydes is 1. The van der Waals surface area contributed by atoms with E-state index < -0.39 is 11.7 Å². The van der Waals surface area contributed by atoms with Crippen molar-refractivity contribution in [1.29, 1.82) is 0 Å². The van der Waals surface area contributed by atoms with Crippen LogP contribution in [0.2, 0.25) is 5.02 Å². The van der Waals surface area contributed by atoms with Crippen LogP contribution < -0.4 is 10.6 Å². The van der Waals surface area contributed by atoms with Crippen LogP contribution in [0.1, 0.15) is 37.4 Å². The fourth-order valence-electron chi connectivity index (χ4n) is 2.56. The maximum Gasteiger partial charge on any atom is 0.284 e. The van der Waals surface area contributed by atoms with E-state index in [1.807, 2.05) is 38.5 Å². The molecule has 1 atom stereocenters. The van der Waals surface area contributed by atoms with Crippen molar-refractivity contribution in [1.82, 2.24) is 5.32 Å². The molecule has 149 valence electrons. The average molecular weight is 481 g/mol. The smallest absolute Gasteiger partial charge is 0.284 e. The number of hydrogen-bond acceptors (Lipinski definition) is 3. The fourth-order valence-corrected chi connectivity index (χ4v) is 2.68. The van der Waals surface area contributed by atoms with Crippen LogP contribution in [0.5, 0.6) is 0 Å². The van der Waals surface area contributed by atoms with Gasteiger partial charge >= 0.3 is 0 Å². The molecule has 2 N–H and O–H groups in total. The molecule has 4 nitrogen and oxygen atoms in total. The predicted octanol–water partition coefficient (Wildman–Crippen LogP) is 4.74. The minimum absolute atomic E-state index is 0. The molecule has 1 unspecified atom stereocenters. The minimum Gasteiger partial charge on any atom is -0.388 e. The Labute approximate surface area is 196 Å². The molecule has 2 aromatic carbocycles. The maximum absolute atomic E-state index is 12.6. The second-order valence-corrected chi connectivity index (χ2v) is 6.28. The summed E-state index contributed by atoms with van der Waals surface area (Å²) in [7, 11) is 1.72. The third-order valence-corrected chi connectivity index (χ3v) is 4.07. The zero-order valence-corrected chi connectivity index (χ0v) is 19.9. The number of aryl methyl sites for hydroxylation is 1. The van der Waals surface area contributed by atoms with Crippen molar-refractivity contribution in [3.63, 3.8) is 0 Å². The van der Waals surface area contributed by atoms with Gasteiger partial charge in [0, 0.05) is 45.4 Å². The molecular formula is C21H25ClFN2O2Y-. The third-order valence-electron chi connectivity index (χ3n) is 3.76. The van der Waals surface area contributed by atoms with Gasteiger partial charge < -0.3 is 17.1 Å². The molecule has 1 amide bonds. The molecule has 0 aliphatic heterocycles. The van der Waals surface area contributed by atoms with Crippen molar-refractivity contribution in [2.45, 2.75) is 32.7 Å². The van der Waals surface area contributed by atoms with Crippen LogP contribution in [0.15, 0.2) is 42.5 Å². The molecule has 7 heteroatoms. The SMILES string of the molecule is CNc1ccc(Cl)c(F)c1.C[CH-]C.O=CC(=O)NC1CCc2ccccc21.[Y]. The Balaban J connectivity index is 0.000000461. The maximum atomic E-state index is 12.6. The Bertz CT molecular complexity index is 759. The number of rotatable bonds is 3. The molecule has 0 aromatic heterocycles. The first kappa shape index (κ1) is 26.7. The second-order valence-electron chi connectivity index (χ2n) is 5.87. The Morgan fingerprint density at radius 3 is 2.46 bits per heavy atom. The Morgan fingerprint density at radius 1 is 1.25 bits per heavy atom. The van der Waals surface area contributed by atoms with Gasteiger partial charge in [-0.1, -0.05) is 35.9 Å².